The number of rotatable bonds is 9. The number of hydrogen-bond acceptors (Lipinski definition) is 7. The van der Waals surface area contributed by atoms with Crippen LogP contribution >= 0.6 is 11.6 Å². The molecule has 3 N–H and O–H groups in total. The maximum Gasteiger partial charge on any atom is 0.405 e. The number of hydrogen-bond donors (Lipinski definition) is 3. The van der Waals surface area contributed by atoms with Crippen molar-refractivity contribution >= 4 is 34.3 Å². The molecule has 3 aromatic heterocycles. The summed E-state index contributed by atoms with van der Waals surface area (Å²) >= 11 is 6.39. The Hall–Kier alpha value is -2.59. The van der Waals surface area contributed by atoms with E-state index in [2.05, 4.69) is 25.6 Å². The lowest BCUT2D eigenvalue weighted by molar-refractivity contribution is -0.115. The summed E-state index contributed by atoms with van der Waals surface area (Å²) in [5, 5.41) is 15.4. The highest BCUT2D eigenvalue weighted by molar-refractivity contribution is 6.32. The lowest BCUT2D eigenvalue weighted by atomic mass is 10.0. The summed E-state index contributed by atoms with van der Waals surface area (Å²) in [6.07, 6.45) is -3.00. The molecule has 1 unspecified atom stereocenters. The summed E-state index contributed by atoms with van der Waals surface area (Å²) < 4.78 is 43.9. The first-order valence-corrected chi connectivity index (χ1v) is 10.6. The van der Waals surface area contributed by atoms with Crippen LogP contribution in [0.1, 0.15) is 31.2 Å². The van der Waals surface area contributed by atoms with Gasteiger partial charge in [-0.05, 0) is 38.3 Å². The fourth-order valence-electron chi connectivity index (χ4n) is 3.35. The van der Waals surface area contributed by atoms with Crippen LogP contribution < -0.4 is 10.6 Å². The predicted octanol–water partition coefficient (Wildman–Crippen LogP) is 5.35. The highest BCUT2D eigenvalue weighted by atomic mass is 35.5. The van der Waals surface area contributed by atoms with E-state index in [0.717, 1.165) is 17.5 Å². The van der Waals surface area contributed by atoms with Gasteiger partial charge in [0.2, 0.25) is 5.95 Å². The number of aryl methyl sites for hydroxylation is 2. The minimum Gasteiger partial charge on any atom is -0.454 e. The van der Waals surface area contributed by atoms with Crippen LogP contribution in [0.25, 0.3) is 22.3 Å². The van der Waals surface area contributed by atoms with E-state index >= 15 is 0 Å². The first-order chi connectivity index (χ1) is 15.1. The molecule has 32 heavy (non-hydrogen) atoms. The van der Waals surface area contributed by atoms with Crippen LogP contribution in [-0.4, -0.2) is 45.9 Å². The SMILES string of the molecule is CCC(CO)CCNc1nc(NCC(F)(F)F)nc(Cl)c1-c1cc2cc(C)nc(C)c2o1. The average molecular weight is 472 g/mol. The highest BCUT2D eigenvalue weighted by Gasteiger charge is 2.28. The van der Waals surface area contributed by atoms with E-state index in [1.165, 1.54) is 0 Å². The summed E-state index contributed by atoms with van der Waals surface area (Å²) in [4.78, 5) is 12.6. The Morgan fingerprint density at radius 3 is 2.56 bits per heavy atom. The molecule has 0 aromatic carbocycles. The summed E-state index contributed by atoms with van der Waals surface area (Å²) in [6, 6.07) is 3.64. The molecule has 3 aromatic rings. The second-order valence-corrected chi connectivity index (χ2v) is 7.94. The number of fused-ring (bicyclic) bond motifs is 1. The van der Waals surface area contributed by atoms with Gasteiger partial charge in [-0.1, -0.05) is 24.9 Å². The van der Waals surface area contributed by atoms with Gasteiger partial charge in [-0.2, -0.15) is 18.2 Å². The molecular weight excluding hydrogens is 447 g/mol. The Bertz CT molecular complexity index is 1080. The standard InChI is InChI=1S/C21H25ClF3N5O2/c1-4-13(9-31)5-6-26-19-16(18(22)29-20(30-19)27-10-21(23,24)25)15-8-14-7-11(2)28-12(3)17(14)32-15/h7-8,13,31H,4-6,9-10H2,1-3H3,(H2,26,27,29,30). The maximum atomic E-state index is 12.6. The lowest BCUT2D eigenvalue weighted by Gasteiger charge is -2.16. The van der Waals surface area contributed by atoms with Gasteiger partial charge < -0.3 is 20.2 Å². The van der Waals surface area contributed by atoms with Crippen LogP contribution in [0, 0.1) is 19.8 Å². The smallest absolute Gasteiger partial charge is 0.405 e. The van der Waals surface area contributed by atoms with Gasteiger partial charge in [-0.3, -0.25) is 4.98 Å². The molecular formula is C21H25ClF3N5O2. The van der Waals surface area contributed by atoms with Crippen LogP contribution in [0.4, 0.5) is 24.9 Å². The van der Waals surface area contributed by atoms with Gasteiger partial charge >= 0.3 is 6.18 Å². The second-order valence-electron chi connectivity index (χ2n) is 7.58. The number of nitrogens with zero attached hydrogens (tertiary/aromatic N) is 3. The minimum absolute atomic E-state index is 0.0448. The van der Waals surface area contributed by atoms with E-state index in [0.29, 0.717) is 35.6 Å². The van der Waals surface area contributed by atoms with Gasteiger partial charge in [0, 0.05) is 24.2 Å². The molecule has 3 heterocycles. The van der Waals surface area contributed by atoms with Crippen molar-refractivity contribution in [3.8, 4) is 11.3 Å². The van der Waals surface area contributed by atoms with E-state index in [4.69, 9.17) is 16.0 Å². The molecule has 0 amide bonds. The fourth-order valence-corrected chi connectivity index (χ4v) is 3.61. The molecule has 11 heteroatoms. The van der Waals surface area contributed by atoms with Crippen molar-refractivity contribution in [3.63, 3.8) is 0 Å². The van der Waals surface area contributed by atoms with Crippen molar-refractivity contribution in [2.75, 3.05) is 30.3 Å². The molecule has 3 rings (SSSR count). The third-order valence-corrected chi connectivity index (χ3v) is 5.31. The number of aliphatic hydroxyl groups excluding tert-OH is 1. The first-order valence-electron chi connectivity index (χ1n) is 10.2. The summed E-state index contributed by atoms with van der Waals surface area (Å²) in [6.45, 7) is 4.85. The van der Waals surface area contributed by atoms with Gasteiger partial charge in [0.25, 0.3) is 0 Å². The monoisotopic (exact) mass is 471 g/mol. The zero-order chi connectivity index (χ0) is 23.5. The number of aromatic nitrogens is 3. The molecule has 0 spiro atoms. The number of anilines is 2. The van der Waals surface area contributed by atoms with E-state index in [1.807, 2.05) is 26.8 Å². The van der Waals surface area contributed by atoms with E-state index in [9.17, 15) is 18.3 Å². The zero-order valence-corrected chi connectivity index (χ0v) is 18.7. The zero-order valence-electron chi connectivity index (χ0n) is 18.0. The molecule has 0 aliphatic heterocycles. The molecule has 0 aliphatic rings. The molecule has 0 radical (unpaired) electrons. The van der Waals surface area contributed by atoms with E-state index in [-0.39, 0.29) is 29.4 Å². The Balaban J connectivity index is 2.00. The molecule has 1 atom stereocenters. The minimum atomic E-state index is -4.43. The highest BCUT2D eigenvalue weighted by Crippen LogP contribution is 2.38. The second kappa shape index (κ2) is 9.91. The first kappa shape index (κ1) is 24.1. The Labute approximate surface area is 188 Å². The van der Waals surface area contributed by atoms with Crippen LogP contribution in [0.3, 0.4) is 0 Å². The van der Waals surface area contributed by atoms with Crippen molar-refractivity contribution < 1.29 is 22.7 Å². The van der Waals surface area contributed by atoms with Gasteiger partial charge in [-0.15, -0.1) is 0 Å². The molecule has 0 fully saturated rings. The Morgan fingerprint density at radius 2 is 1.91 bits per heavy atom. The van der Waals surface area contributed by atoms with E-state index < -0.39 is 12.7 Å². The number of nitrogens with one attached hydrogen (secondary N) is 2. The Morgan fingerprint density at radius 1 is 1.16 bits per heavy atom. The van der Waals surface area contributed by atoms with Crippen LogP contribution in [0.5, 0.6) is 0 Å². The third kappa shape index (κ3) is 5.80. The number of halogens is 4. The fraction of sp³-hybridized carbons (Fsp3) is 0.476. The topological polar surface area (TPSA) is 96.1 Å². The van der Waals surface area contributed by atoms with E-state index in [1.54, 1.807) is 6.07 Å². The molecule has 0 saturated carbocycles. The van der Waals surface area contributed by atoms with Crippen molar-refractivity contribution in [1.29, 1.82) is 0 Å². The van der Waals surface area contributed by atoms with Crippen LogP contribution in [0.15, 0.2) is 16.5 Å². The molecule has 0 saturated heterocycles. The van der Waals surface area contributed by atoms with Crippen molar-refractivity contribution in [2.45, 2.75) is 39.8 Å². The largest absolute Gasteiger partial charge is 0.454 e. The van der Waals surface area contributed by atoms with Crippen molar-refractivity contribution in [3.05, 3.63) is 28.7 Å². The average Bonchev–Trinajstić information content (AvgIpc) is 3.12. The summed E-state index contributed by atoms with van der Waals surface area (Å²) in [5.41, 5.74) is 2.45. The normalized spacial score (nSPS) is 12.9. The summed E-state index contributed by atoms with van der Waals surface area (Å²) in [5.74, 6) is 0.454. The summed E-state index contributed by atoms with van der Waals surface area (Å²) in [7, 11) is 0. The van der Waals surface area contributed by atoms with Crippen LogP contribution in [0.2, 0.25) is 5.15 Å². The van der Waals surface area contributed by atoms with Crippen molar-refractivity contribution in [2.24, 2.45) is 5.92 Å². The Kier molecular flexibility index (Phi) is 7.45. The van der Waals surface area contributed by atoms with Gasteiger partial charge in [0.05, 0.1) is 11.3 Å². The van der Waals surface area contributed by atoms with Gasteiger partial charge in [-0.25, -0.2) is 4.98 Å². The number of alkyl halides is 3. The number of pyridine rings is 1. The number of aliphatic hydroxyl groups is 1. The van der Waals surface area contributed by atoms with Crippen LogP contribution in [-0.2, 0) is 0 Å². The molecule has 0 bridgehead atoms. The lowest BCUT2D eigenvalue weighted by Crippen LogP contribution is -2.23. The predicted molar refractivity (Wildman–Crippen MR) is 118 cm³/mol. The third-order valence-electron chi connectivity index (χ3n) is 5.04. The number of furan rings is 1. The molecule has 7 nitrogen and oxygen atoms in total. The maximum absolute atomic E-state index is 12.6. The molecule has 174 valence electrons. The molecule has 0 aliphatic carbocycles. The van der Waals surface area contributed by atoms with Gasteiger partial charge in [0.15, 0.2) is 5.58 Å². The quantitative estimate of drug-likeness (QED) is 0.362. The van der Waals surface area contributed by atoms with Crippen molar-refractivity contribution in [1.82, 2.24) is 15.0 Å². The van der Waals surface area contributed by atoms with Gasteiger partial charge in [0.1, 0.15) is 23.3 Å².